The molecule has 0 bridgehead atoms. The Morgan fingerprint density at radius 2 is 1.87 bits per heavy atom. The summed E-state index contributed by atoms with van der Waals surface area (Å²) < 4.78 is 1.63. The van der Waals surface area contributed by atoms with Crippen molar-refractivity contribution in [1.82, 2.24) is 9.55 Å². The van der Waals surface area contributed by atoms with Crippen LogP contribution in [0.2, 0.25) is 0 Å². The maximum Gasteiger partial charge on any atom is 0.272 e. The van der Waals surface area contributed by atoms with E-state index in [1.807, 2.05) is 27.0 Å². The fourth-order valence-corrected chi connectivity index (χ4v) is 1.40. The van der Waals surface area contributed by atoms with Gasteiger partial charge in [0.05, 0.1) is 5.69 Å². The number of hydrogen-bond acceptors (Lipinski definition) is 2. The predicted octanol–water partition coefficient (Wildman–Crippen LogP) is 2.20. The zero-order valence-corrected chi connectivity index (χ0v) is 10.5. The van der Waals surface area contributed by atoms with Gasteiger partial charge in [0.2, 0.25) is 0 Å². The highest BCUT2D eigenvalue weighted by Gasteiger charge is 2.21. The Kier molecular flexibility index (Phi) is 3.03. The van der Waals surface area contributed by atoms with Crippen LogP contribution in [-0.2, 0) is 12.5 Å². The highest BCUT2D eigenvalue weighted by molar-refractivity contribution is 5.14. The minimum atomic E-state index is -0.195. The lowest BCUT2D eigenvalue weighted by molar-refractivity contribution is 0.540. The molecule has 15 heavy (non-hydrogen) atoms. The van der Waals surface area contributed by atoms with Gasteiger partial charge >= 0.3 is 0 Å². The van der Waals surface area contributed by atoms with Crippen LogP contribution in [0, 0.1) is 0 Å². The number of hydrogen-bond donors (Lipinski definition) is 0. The number of nitrogens with zero attached hydrogens (tertiary/aromatic N) is 2. The summed E-state index contributed by atoms with van der Waals surface area (Å²) in [5.41, 5.74) is 1.44. The van der Waals surface area contributed by atoms with E-state index < -0.39 is 0 Å². The molecule has 0 aliphatic rings. The molecule has 0 radical (unpaired) electrons. The third kappa shape index (κ3) is 2.46. The number of rotatable bonds is 1. The van der Waals surface area contributed by atoms with Gasteiger partial charge in [-0.1, -0.05) is 34.6 Å². The Balaban J connectivity index is 3.46. The highest BCUT2D eigenvalue weighted by Crippen LogP contribution is 2.18. The molecule has 1 aromatic rings. The lowest BCUT2D eigenvalue weighted by Crippen LogP contribution is -2.31. The predicted molar refractivity (Wildman–Crippen MR) is 62.3 cm³/mol. The molecule has 0 aliphatic carbocycles. The Hall–Kier alpha value is -1.12. The number of aromatic nitrogens is 2. The van der Waals surface area contributed by atoms with Crippen LogP contribution in [0.1, 0.15) is 51.9 Å². The molecule has 0 unspecified atom stereocenters. The van der Waals surface area contributed by atoms with Crippen molar-refractivity contribution in [2.24, 2.45) is 7.05 Å². The van der Waals surface area contributed by atoms with Gasteiger partial charge in [0.25, 0.3) is 5.56 Å². The molecule has 0 aliphatic heterocycles. The fourth-order valence-electron chi connectivity index (χ4n) is 1.40. The molecule has 1 rings (SSSR count). The van der Waals surface area contributed by atoms with Crippen molar-refractivity contribution < 1.29 is 0 Å². The number of aryl methyl sites for hydroxylation is 1. The molecule has 0 amide bonds. The van der Waals surface area contributed by atoms with Crippen molar-refractivity contribution in [3.63, 3.8) is 0 Å². The van der Waals surface area contributed by atoms with Crippen LogP contribution in [0.5, 0.6) is 0 Å². The van der Waals surface area contributed by atoms with Crippen molar-refractivity contribution in [2.75, 3.05) is 0 Å². The first-order chi connectivity index (χ1) is 6.73. The Morgan fingerprint density at radius 3 is 2.27 bits per heavy atom. The Labute approximate surface area is 91.2 Å². The van der Waals surface area contributed by atoms with E-state index in [0.29, 0.717) is 11.6 Å². The van der Waals surface area contributed by atoms with Crippen LogP contribution < -0.4 is 5.56 Å². The molecular weight excluding hydrogens is 188 g/mol. The molecule has 1 aromatic heterocycles. The Morgan fingerprint density at radius 1 is 1.33 bits per heavy atom. The van der Waals surface area contributed by atoms with Gasteiger partial charge < -0.3 is 4.57 Å². The second-order valence-electron chi connectivity index (χ2n) is 5.34. The summed E-state index contributed by atoms with van der Waals surface area (Å²) >= 11 is 0. The fraction of sp³-hybridized carbons (Fsp3) is 0.667. The molecule has 0 fully saturated rings. The smallest absolute Gasteiger partial charge is 0.272 e. The largest absolute Gasteiger partial charge is 0.315 e. The zero-order chi connectivity index (χ0) is 11.8. The van der Waals surface area contributed by atoms with E-state index in [-0.39, 0.29) is 11.0 Å². The van der Waals surface area contributed by atoms with Crippen LogP contribution in [0.4, 0.5) is 0 Å². The first kappa shape index (κ1) is 12.0. The highest BCUT2D eigenvalue weighted by atomic mass is 16.1. The summed E-state index contributed by atoms with van der Waals surface area (Å²) in [6, 6.07) is 0. The van der Waals surface area contributed by atoms with Crippen LogP contribution in [-0.4, -0.2) is 9.55 Å². The SMILES string of the molecule is CC(C)c1cn(C)c(=O)c(C(C)(C)C)n1. The summed E-state index contributed by atoms with van der Waals surface area (Å²) in [5.74, 6) is 0.345. The third-order valence-corrected chi connectivity index (χ3v) is 2.39. The van der Waals surface area contributed by atoms with Crippen LogP contribution in [0.25, 0.3) is 0 Å². The van der Waals surface area contributed by atoms with E-state index in [0.717, 1.165) is 5.69 Å². The van der Waals surface area contributed by atoms with Gasteiger partial charge in [0.15, 0.2) is 0 Å². The first-order valence-electron chi connectivity index (χ1n) is 5.31. The van der Waals surface area contributed by atoms with E-state index in [1.54, 1.807) is 11.6 Å². The van der Waals surface area contributed by atoms with Gasteiger partial charge in [-0.2, -0.15) is 0 Å². The molecule has 0 saturated carbocycles. The average Bonchev–Trinajstić information content (AvgIpc) is 2.06. The molecule has 84 valence electrons. The molecular formula is C12H20N2O. The molecule has 3 heteroatoms. The summed E-state index contributed by atoms with van der Waals surface area (Å²) in [6.07, 6.45) is 1.82. The minimum absolute atomic E-state index is 0.00639. The van der Waals surface area contributed by atoms with Crippen molar-refractivity contribution in [2.45, 2.75) is 46.0 Å². The monoisotopic (exact) mass is 208 g/mol. The van der Waals surface area contributed by atoms with Crippen molar-refractivity contribution in [3.05, 3.63) is 27.9 Å². The zero-order valence-electron chi connectivity index (χ0n) is 10.5. The second kappa shape index (κ2) is 3.80. The minimum Gasteiger partial charge on any atom is -0.315 e. The van der Waals surface area contributed by atoms with E-state index in [1.165, 1.54) is 0 Å². The van der Waals surface area contributed by atoms with Crippen LogP contribution in [0.3, 0.4) is 0 Å². The van der Waals surface area contributed by atoms with Crippen molar-refractivity contribution in [1.29, 1.82) is 0 Å². The molecule has 0 atom stereocenters. The van der Waals surface area contributed by atoms with E-state index in [4.69, 9.17) is 0 Å². The molecule has 0 saturated heterocycles. The van der Waals surface area contributed by atoms with Gasteiger partial charge in [-0.3, -0.25) is 4.79 Å². The lowest BCUT2D eigenvalue weighted by atomic mass is 9.92. The van der Waals surface area contributed by atoms with E-state index in [2.05, 4.69) is 18.8 Å². The van der Waals surface area contributed by atoms with Gasteiger partial charge in [-0.25, -0.2) is 4.98 Å². The second-order valence-corrected chi connectivity index (χ2v) is 5.34. The first-order valence-corrected chi connectivity index (χ1v) is 5.31. The summed E-state index contributed by atoms with van der Waals surface area (Å²) in [7, 11) is 1.78. The average molecular weight is 208 g/mol. The van der Waals surface area contributed by atoms with Gasteiger partial charge in [-0.05, 0) is 5.92 Å². The van der Waals surface area contributed by atoms with Crippen molar-refractivity contribution in [3.8, 4) is 0 Å². The van der Waals surface area contributed by atoms with Crippen LogP contribution in [0.15, 0.2) is 11.0 Å². The standard InChI is InChI=1S/C12H20N2O/c1-8(2)9-7-14(6)11(15)10(13-9)12(3,4)5/h7-8H,1-6H3. The molecule has 1 heterocycles. The normalized spacial score (nSPS) is 12.2. The maximum atomic E-state index is 11.9. The van der Waals surface area contributed by atoms with Gasteiger partial charge in [-0.15, -0.1) is 0 Å². The van der Waals surface area contributed by atoms with E-state index >= 15 is 0 Å². The summed E-state index contributed by atoms with van der Waals surface area (Å²) in [4.78, 5) is 16.4. The van der Waals surface area contributed by atoms with Crippen molar-refractivity contribution >= 4 is 0 Å². The molecule has 0 N–H and O–H groups in total. The summed E-state index contributed by atoms with van der Waals surface area (Å²) in [6.45, 7) is 10.2. The van der Waals surface area contributed by atoms with E-state index in [9.17, 15) is 4.79 Å². The summed E-state index contributed by atoms with van der Waals surface area (Å²) in [5, 5.41) is 0. The molecule has 0 spiro atoms. The Bertz CT molecular complexity index is 411. The quantitative estimate of drug-likeness (QED) is 0.709. The van der Waals surface area contributed by atoms with Crippen LogP contribution >= 0.6 is 0 Å². The maximum absolute atomic E-state index is 11.9. The third-order valence-electron chi connectivity index (χ3n) is 2.39. The lowest BCUT2D eigenvalue weighted by Gasteiger charge is -2.19. The molecule has 0 aromatic carbocycles. The van der Waals surface area contributed by atoms with Gasteiger partial charge in [0, 0.05) is 18.7 Å². The van der Waals surface area contributed by atoms with Gasteiger partial charge in [0.1, 0.15) is 5.69 Å². The topological polar surface area (TPSA) is 34.9 Å². The molecule has 3 nitrogen and oxygen atoms in total.